The van der Waals surface area contributed by atoms with Crippen molar-refractivity contribution in [2.75, 3.05) is 6.54 Å². The molecule has 0 saturated heterocycles. The molecule has 0 bridgehead atoms. The number of non-ortho nitro benzene ring substituents is 1. The maximum Gasteiger partial charge on any atom is 0.287 e. The van der Waals surface area contributed by atoms with Gasteiger partial charge in [-0.15, -0.1) is 0 Å². The Bertz CT molecular complexity index is 941. The average Bonchev–Trinajstić information content (AvgIpc) is 3.12. The van der Waals surface area contributed by atoms with Gasteiger partial charge in [-0.25, -0.2) is 0 Å². The molecular formula is C18H14ClN3O4. The third-order valence-corrected chi connectivity index (χ3v) is 3.99. The number of amides is 1. The van der Waals surface area contributed by atoms with E-state index in [4.69, 9.17) is 16.0 Å². The van der Waals surface area contributed by atoms with Crippen LogP contribution in [-0.2, 0) is 6.42 Å². The molecule has 0 aliphatic carbocycles. The first-order valence-electron chi connectivity index (χ1n) is 7.76. The Balaban J connectivity index is 1.65. The Kier molecular flexibility index (Phi) is 5.28. The number of nitro benzene ring substituents is 1. The molecular weight excluding hydrogens is 358 g/mol. The van der Waals surface area contributed by atoms with Crippen molar-refractivity contribution in [3.05, 3.63) is 81.3 Å². The number of halogens is 1. The number of rotatable bonds is 6. The Morgan fingerprint density at radius 1 is 1.27 bits per heavy atom. The third kappa shape index (κ3) is 4.07. The van der Waals surface area contributed by atoms with E-state index in [1.165, 1.54) is 24.3 Å². The fraction of sp³-hybridized carbons (Fsp3) is 0.111. The van der Waals surface area contributed by atoms with Gasteiger partial charge >= 0.3 is 0 Å². The fourth-order valence-corrected chi connectivity index (χ4v) is 2.64. The van der Waals surface area contributed by atoms with E-state index in [-0.39, 0.29) is 22.4 Å². The number of hydrogen-bond donors (Lipinski definition) is 1. The summed E-state index contributed by atoms with van der Waals surface area (Å²) in [6.45, 7) is 0.443. The Labute approximate surface area is 153 Å². The summed E-state index contributed by atoms with van der Waals surface area (Å²) >= 11 is 6.08. The van der Waals surface area contributed by atoms with Crippen LogP contribution in [0.1, 0.15) is 16.1 Å². The second-order valence-electron chi connectivity index (χ2n) is 5.45. The number of carbonyl (C=O) groups excluding carboxylic acids is 1. The van der Waals surface area contributed by atoms with Crippen LogP contribution >= 0.6 is 11.6 Å². The van der Waals surface area contributed by atoms with Crippen molar-refractivity contribution in [3.63, 3.8) is 0 Å². The molecule has 8 heteroatoms. The van der Waals surface area contributed by atoms with Crippen molar-refractivity contribution in [1.82, 2.24) is 10.3 Å². The second kappa shape index (κ2) is 7.79. The van der Waals surface area contributed by atoms with Crippen molar-refractivity contribution in [2.24, 2.45) is 0 Å². The highest BCUT2D eigenvalue weighted by Gasteiger charge is 2.16. The van der Waals surface area contributed by atoms with E-state index in [1.54, 1.807) is 18.5 Å². The molecule has 3 rings (SSSR count). The zero-order chi connectivity index (χ0) is 18.5. The second-order valence-corrected chi connectivity index (χ2v) is 5.86. The Morgan fingerprint density at radius 3 is 2.81 bits per heavy atom. The number of aromatic nitrogens is 1. The lowest BCUT2D eigenvalue weighted by molar-refractivity contribution is -0.384. The molecule has 0 unspecified atom stereocenters. The molecule has 2 aromatic heterocycles. The van der Waals surface area contributed by atoms with Gasteiger partial charge in [0.2, 0.25) is 0 Å². The fourth-order valence-electron chi connectivity index (χ4n) is 2.38. The van der Waals surface area contributed by atoms with Gasteiger partial charge in [0.05, 0.1) is 9.95 Å². The number of nitrogens with one attached hydrogen (secondary N) is 1. The molecule has 26 heavy (non-hydrogen) atoms. The van der Waals surface area contributed by atoms with Gasteiger partial charge < -0.3 is 9.73 Å². The topological polar surface area (TPSA) is 98.3 Å². The number of carbonyl (C=O) groups is 1. The molecule has 0 radical (unpaired) electrons. The van der Waals surface area contributed by atoms with Crippen LogP contribution in [0.4, 0.5) is 5.69 Å². The largest absolute Gasteiger partial charge is 0.451 e. The van der Waals surface area contributed by atoms with E-state index in [0.29, 0.717) is 24.3 Å². The normalized spacial score (nSPS) is 10.5. The van der Waals surface area contributed by atoms with Crippen LogP contribution in [0.2, 0.25) is 5.02 Å². The number of pyridine rings is 1. The maximum absolute atomic E-state index is 12.2. The zero-order valence-corrected chi connectivity index (χ0v) is 14.3. The molecule has 3 aromatic rings. The first kappa shape index (κ1) is 17.6. The van der Waals surface area contributed by atoms with Crippen molar-refractivity contribution < 1.29 is 14.1 Å². The smallest absolute Gasteiger partial charge is 0.287 e. The SMILES string of the molecule is O=C(NCCc1cccnc1)c1ccc(-c2ccc([N+](=O)[O-])cc2Cl)o1. The number of furan rings is 1. The van der Waals surface area contributed by atoms with E-state index in [1.807, 2.05) is 12.1 Å². The standard InChI is InChI=1S/C18H14ClN3O4/c19-15-10-13(22(24)25)3-4-14(15)16-5-6-17(26-16)18(23)21-9-7-12-2-1-8-20-11-12/h1-6,8,10-11H,7,9H2,(H,21,23). The van der Waals surface area contributed by atoms with Gasteiger partial charge in [0.25, 0.3) is 11.6 Å². The molecule has 7 nitrogen and oxygen atoms in total. The molecule has 1 N–H and O–H groups in total. The number of hydrogen-bond acceptors (Lipinski definition) is 5. The van der Waals surface area contributed by atoms with Crippen molar-refractivity contribution >= 4 is 23.2 Å². The van der Waals surface area contributed by atoms with Gasteiger partial charge in [-0.3, -0.25) is 19.9 Å². The highest BCUT2D eigenvalue weighted by atomic mass is 35.5. The van der Waals surface area contributed by atoms with E-state index in [9.17, 15) is 14.9 Å². The van der Waals surface area contributed by atoms with Gasteiger partial charge in [0.1, 0.15) is 5.76 Å². The molecule has 0 fully saturated rings. The molecule has 2 heterocycles. The lowest BCUT2D eigenvalue weighted by atomic mass is 10.1. The number of nitro groups is 1. The summed E-state index contributed by atoms with van der Waals surface area (Å²) in [5.41, 5.74) is 1.39. The van der Waals surface area contributed by atoms with Crippen LogP contribution in [0, 0.1) is 10.1 Å². The minimum atomic E-state index is -0.529. The molecule has 1 aromatic carbocycles. The Morgan fingerprint density at radius 2 is 2.12 bits per heavy atom. The quantitative estimate of drug-likeness (QED) is 0.523. The summed E-state index contributed by atoms with van der Waals surface area (Å²) in [5, 5.41) is 13.7. The molecule has 0 spiro atoms. The van der Waals surface area contributed by atoms with Gasteiger partial charge in [0.15, 0.2) is 5.76 Å². The van der Waals surface area contributed by atoms with Crippen LogP contribution in [0.25, 0.3) is 11.3 Å². The van der Waals surface area contributed by atoms with Gasteiger partial charge in [-0.2, -0.15) is 0 Å². The van der Waals surface area contributed by atoms with Gasteiger partial charge in [0, 0.05) is 36.6 Å². The lowest BCUT2D eigenvalue weighted by Gasteiger charge is -2.03. The summed E-state index contributed by atoms with van der Waals surface area (Å²) < 4.78 is 5.54. The summed E-state index contributed by atoms with van der Waals surface area (Å²) in [7, 11) is 0. The van der Waals surface area contributed by atoms with Crippen LogP contribution in [0.5, 0.6) is 0 Å². The molecule has 132 valence electrons. The first-order chi connectivity index (χ1) is 12.5. The van der Waals surface area contributed by atoms with Crippen molar-refractivity contribution in [2.45, 2.75) is 6.42 Å². The summed E-state index contributed by atoms with van der Waals surface area (Å²) in [6.07, 6.45) is 4.09. The molecule has 0 aliphatic rings. The molecule has 1 amide bonds. The van der Waals surface area contributed by atoms with Gasteiger partial charge in [-0.1, -0.05) is 17.7 Å². The molecule has 0 saturated carbocycles. The van der Waals surface area contributed by atoms with Crippen LogP contribution < -0.4 is 5.32 Å². The monoisotopic (exact) mass is 371 g/mol. The van der Waals surface area contributed by atoms with E-state index in [2.05, 4.69) is 10.3 Å². The highest BCUT2D eigenvalue weighted by molar-refractivity contribution is 6.33. The maximum atomic E-state index is 12.2. The van der Waals surface area contributed by atoms with Crippen LogP contribution in [-0.4, -0.2) is 22.4 Å². The average molecular weight is 372 g/mol. The minimum Gasteiger partial charge on any atom is -0.451 e. The Hall–Kier alpha value is -3.19. The number of nitrogens with zero attached hydrogens (tertiary/aromatic N) is 2. The predicted octanol–water partition coefficient (Wildman–Crippen LogP) is 3.88. The molecule has 0 aliphatic heterocycles. The lowest BCUT2D eigenvalue weighted by Crippen LogP contribution is -2.25. The minimum absolute atomic E-state index is 0.112. The van der Waals surface area contributed by atoms with E-state index < -0.39 is 4.92 Å². The van der Waals surface area contributed by atoms with Crippen LogP contribution in [0.15, 0.2) is 59.3 Å². The summed E-state index contributed by atoms with van der Waals surface area (Å²) in [4.78, 5) is 26.4. The summed E-state index contributed by atoms with van der Waals surface area (Å²) in [5.74, 6) is 0.154. The van der Waals surface area contributed by atoms with Crippen molar-refractivity contribution in [3.8, 4) is 11.3 Å². The first-order valence-corrected chi connectivity index (χ1v) is 8.13. The van der Waals surface area contributed by atoms with Crippen molar-refractivity contribution in [1.29, 1.82) is 0 Å². The predicted molar refractivity (Wildman–Crippen MR) is 96.1 cm³/mol. The molecule has 0 atom stereocenters. The van der Waals surface area contributed by atoms with Gasteiger partial charge in [-0.05, 0) is 36.2 Å². The van der Waals surface area contributed by atoms with Crippen LogP contribution in [0.3, 0.4) is 0 Å². The number of benzene rings is 1. The van der Waals surface area contributed by atoms with E-state index >= 15 is 0 Å². The highest BCUT2D eigenvalue weighted by Crippen LogP contribution is 2.32. The summed E-state index contributed by atoms with van der Waals surface area (Å²) in [6, 6.07) is 11.0. The zero-order valence-electron chi connectivity index (χ0n) is 13.5. The van der Waals surface area contributed by atoms with E-state index in [0.717, 1.165) is 5.56 Å². The third-order valence-electron chi connectivity index (χ3n) is 3.68.